The molecule has 1 saturated heterocycles. The minimum absolute atomic E-state index is 0.0806. The molecule has 5 heteroatoms. The Kier molecular flexibility index (Phi) is 4.24. The van der Waals surface area contributed by atoms with E-state index in [1.807, 2.05) is 11.9 Å². The van der Waals surface area contributed by atoms with E-state index in [4.69, 9.17) is 4.42 Å². The molecule has 1 aromatic heterocycles. The second-order valence-corrected chi connectivity index (χ2v) is 5.53. The third-order valence-electron chi connectivity index (χ3n) is 4.14. The Bertz CT molecular complexity index is 643. The summed E-state index contributed by atoms with van der Waals surface area (Å²) in [5.74, 6) is 0.539. The maximum absolute atomic E-state index is 12.9. The van der Waals surface area contributed by atoms with E-state index in [1.165, 1.54) is 12.1 Å². The van der Waals surface area contributed by atoms with Gasteiger partial charge in [0.25, 0.3) is 5.91 Å². The van der Waals surface area contributed by atoms with Crippen LogP contribution in [0.2, 0.25) is 0 Å². The predicted octanol–water partition coefficient (Wildman–Crippen LogP) is 2.91. The second-order valence-electron chi connectivity index (χ2n) is 5.53. The molecule has 1 aliphatic heterocycles. The van der Waals surface area contributed by atoms with Gasteiger partial charge in [-0.15, -0.1) is 0 Å². The second kappa shape index (κ2) is 6.32. The van der Waals surface area contributed by atoms with Crippen molar-refractivity contribution in [3.05, 3.63) is 48.0 Å². The number of furan rings is 1. The Morgan fingerprint density at radius 2 is 1.86 bits per heavy atom. The van der Waals surface area contributed by atoms with E-state index < -0.39 is 0 Å². The number of hydrogen-bond acceptors (Lipinski definition) is 3. The first kappa shape index (κ1) is 14.8. The van der Waals surface area contributed by atoms with Crippen molar-refractivity contribution in [3.63, 3.8) is 0 Å². The summed E-state index contributed by atoms with van der Waals surface area (Å²) in [6.45, 7) is 1.47. The number of benzene rings is 1. The molecule has 0 spiro atoms. The molecule has 22 heavy (non-hydrogen) atoms. The van der Waals surface area contributed by atoms with Crippen molar-refractivity contribution in [2.24, 2.45) is 0 Å². The highest BCUT2D eigenvalue weighted by atomic mass is 19.1. The van der Waals surface area contributed by atoms with Crippen LogP contribution in [0.4, 0.5) is 4.39 Å². The summed E-state index contributed by atoms with van der Waals surface area (Å²) in [4.78, 5) is 14.3. The summed E-state index contributed by atoms with van der Waals surface area (Å²) in [7, 11) is 1.95. The summed E-state index contributed by atoms with van der Waals surface area (Å²) in [5.41, 5.74) is 0.759. The maximum atomic E-state index is 12.9. The molecule has 0 unspecified atom stereocenters. The molecule has 3 rings (SSSR count). The topological polar surface area (TPSA) is 45.5 Å². The van der Waals surface area contributed by atoms with Gasteiger partial charge < -0.3 is 14.6 Å². The number of nitrogens with one attached hydrogen (secondary N) is 1. The van der Waals surface area contributed by atoms with Crippen molar-refractivity contribution < 1.29 is 13.6 Å². The summed E-state index contributed by atoms with van der Waals surface area (Å²) in [6, 6.07) is 9.95. The molecule has 2 aromatic rings. The van der Waals surface area contributed by atoms with Crippen molar-refractivity contribution in [1.29, 1.82) is 0 Å². The Morgan fingerprint density at radius 1 is 1.18 bits per heavy atom. The van der Waals surface area contributed by atoms with Crippen LogP contribution < -0.4 is 5.32 Å². The molecule has 1 amide bonds. The third-order valence-corrected chi connectivity index (χ3v) is 4.14. The molecule has 0 aliphatic carbocycles. The van der Waals surface area contributed by atoms with E-state index in [0.717, 1.165) is 31.5 Å². The minimum atomic E-state index is -0.293. The van der Waals surface area contributed by atoms with Crippen LogP contribution in [-0.2, 0) is 0 Å². The largest absolute Gasteiger partial charge is 0.451 e. The molecule has 0 atom stereocenters. The monoisotopic (exact) mass is 302 g/mol. The fourth-order valence-electron chi connectivity index (χ4n) is 2.75. The van der Waals surface area contributed by atoms with Crippen LogP contribution in [0.25, 0.3) is 11.3 Å². The zero-order valence-electron chi connectivity index (χ0n) is 12.5. The number of halogens is 1. The Labute approximate surface area is 128 Å². The molecule has 1 aromatic carbocycles. The Hall–Kier alpha value is -2.14. The lowest BCUT2D eigenvalue weighted by Gasteiger charge is -2.31. The molecule has 4 nitrogen and oxygen atoms in total. The lowest BCUT2D eigenvalue weighted by atomic mass is 10.1. The van der Waals surface area contributed by atoms with E-state index >= 15 is 0 Å². The Balaban J connectivity index is 1.71. The normalized spacial score (nSPS) is 16.0. The van der Waals surface area contributed by atoms with Crippen LogP contribution in [0.3, 0.4) is 0 Å². The number of carbonyl (C=O) groups excluding carboxylic acids is 1. The zero-order valence-corrected chi connectivity index (χ0v) is 12.5. The van der Waals surface area contributed by atoms with E-state index in [1.54, 1.807) is 24.3 Å². The van der Waals surface area contributed by atoms with Crippen molar-refractivity contribution in [3.8, 4) is 11.3 Å². The fourth-order valence-corrected chi connectivity index (χ4v) is 2.75. The molecular weight excluding hydrogens is 283 g/mol. The first-order valence-corrected chi connectivity index (χ1v) is 7.49. The molecule has 1 fully saturated rings. The van der Waals surface area contributed by atoms with Crippen LogP contribution in [0.5, 0.6) is 0 Å². The smallest absolute Gasteiger partial charge is 0.289 e. The number of likely N-dealkylation sites (tertiary alicyclic amines) is 1. The summed E-state index contributed by atoms with van der Waals surface area (Å²) >= 11 is 0. The highest BCUT2D eigenvalue weighted by Gasteiger charge is 2.24. The van der Waals surface area contributed by atoms with Crippen molar-refractivity contribution in [2.45, 2.75) is 18.9 Å². The number of rotatable bonds is 3. The predicted molar refractivity (Wildman–Crippen MR) is 82.1 cm³/mol. The summed E-state index contributed by atoms with van der Waals surface area (Å²) < 4.78 is 18.6. The molecular formula is C17H19FN2O2. The molecule has 0 radical (unpaired) electrons. The van der Waals surface area contributed by atoms with Crippen LogP contribution in [0.1, 0.15) is 23.4 Å². The highest BCUT2D eigenvalue weighted by molar-refractivity contribution is 5.92. The third kappa shape index (κ3) is 3.04. The summed E-state index contributed by atoms with van der Waals surface area (Å²) in [5, 5.41) is 3.24. The lowest BCUT2D eigenvalue weighted by molar-refractivity contribution is 0.0676. The zero-order chi connectivity index (χ0) is 15.5. The van der Waals surface area contributed by atoms with Gasteiger partial charge in [0.15, 0.2) is 5.76 Å². The van der Waals surface area contributed by atoms with Crippen molar-refractivity contribution in [1.82, 2.24) is 10.2 Å². The van der Waals surface area contributed by atoms with Crippen LogP contribution in [0.15, 0.2) is 40.8 Å². The Morgan fingerprint density at radius 3 is 2.50 bits per heavy atom. The highest BCUT2D eigenvalue weighted by Crippen LogP contribution is 2.24. The van der Waals surface area contributed by atoms with Gasteiger partial charge in [-0.2, -0.15) is 0 Å². The quantitative estimate of drug-likeness (QED) is 0.948. The van der Waals surface area contributed by atoms with Crippen molar-refractivity contribution >= 4 is 5.91 Å². The fraction of sp³-hybridized carbons (Fsp3) is 0.353. The van der Waals surface area contributed by atoms with Gasteiger partial charge in [-0.1, -0.05) is 0 Å². The molecule has 2 heterocycles. The average Bonchev–Trinajstić information content (AvgIpc) is 3.05. The number of hydrogen-bond donors (Lipinski definition) is 1. The summed E-state index contributed by atoms with van der Waals surface area (Å²) in [6.07, 6.45) is 1.90. The van der Waals surface area contributed by atoms with Gasteiger partial charge in [0.05, 0.1) is 0 Å². The molecule has 1 N–H and O–H groups in total. The molecule has 1 aliphatic rings. The van der Waals surface area contributed by atoms with Crippen LogP contribution >= 0.6 is 0 Å². The van der Waals surface area contributed by atoms with Gasteiger partial charge >= 0.3 is 0 Å². The first-order chi connectivity index (χ1) is 10.7. The van der Waals surface area contributed by atoms with Crippen LogP contribution in [-0.4, -0.2) is 37.0 Å². The number of amides is 1. The van der Waals surface area contributed by atoms with E-state index in [-0.39, 0.29) is 11.7 Å². The lowest BCUT2D eigenvalue weighted by Crippen LogP contribution is -2.43. The molecule has 0 bridgehead atoms. The number of nitrogens with zero attached hydrogens (tertiary/aromatic N) is 1. The van der Waals surface area contributed by atoms with E-state index in [2.05, 4.69) is 5.32 Å². The number of piperidine rings is 1. The number of carbonyl (C=O) groups is 1. The van der Waals surface area contributed by atoms with Gasteiger partial charge in [0.1, 0.15) is 11.6 Å². The molecule has 0 saturated carbocycles. The molecule has 116 valence electrons. The van der Waals surface area contributed by atoms with Gasteiger partial charge in [-0.25, -0.2) is 4.39 Å². The van der Waals surface area contributed by atoms with Gasteiger partial charge in [0.2, 0.25) is 0 Å². The van der Waals surface area contributed by atoms with E-state index in [0.29, 0.717) is 17.6 Å². The first-order valence-electron chi connectivity index (χ1n) is 7.49. The van der Waals surface area contributed by atoms with Gasteiger partial charge in [-0.3, -0.25) is 4.79 Å². The van der Waals surface area contributed by atoms with Crippen LogP contribution in [0, 0.1) is 5.82 Å². The SMILES string of the molecule is CNC1CCN(C(=O)c2ccc(-c3ccc(F)cc3)o2)CC1. The van der Waals surface area contributed by atoms with Gasteiger partial charge in [-0.05, 0) is 56.3 Å². The average molecular weight is 302 g/mol. The van der Waals surface area contributed by atoms with E-state index in [9.17, 15) is 9.18 Å². The van der Waals surface area contributed by atoms with Crippen molar-refractivity contribution in [2.75, 3.05) is 20.1 Å². The standard InChI is InChI=1S/C17H19FN2O2/c1-19-14-8-10-20(11-9-14)17(21)16-7-6-15(22-16)12-2-4-13(18)5-3-12/h2-7,14,19H,8-11H2,1H3. The maximum Gasteiger partial charge on any atom is 0.289 e. The van der Waals surface area contributed by atoms with Gasteiger partial charge in [0, 0.05) is 24.7 Å². The minimum Gasteiger partial charge on any atom is -0.451 e.